The highest BCUT2D eigenvalue weighted by Crippen LogP contribution is 2.22. The van der Waals surface area contributed by atoms with Gasteiger partial charge in [0.1, 0.15) is 0 Å². The van der Waals surface area contributed by atoms with E-state index < -0.39 is 0 Å². The third-order valence-electron chi connectivity index (χ3n) is 3.59. The molecule has 0 aliphatic heterocycles. The van der Waals surface area contributed by atoms with Crippen LogP contribution in [0.1, 0.15) is 35.3 Å². The van der Waals surface area contributed by atoms with E-state index >= 15 is 0 Å². The molecule has 0 fully saturated rings. The minimum atomic E-state index is 0.283. The van der Waals surface area contributed by atoms with Crippen LogP contribution in [0.3, 0.4) is 0 Å². The van der Waals surface area contributed by atoms with Gasteiger partial charge in [0.25, 0.3) is 0 Å². The first kappa shape index (κ1) is 13.8. The van der Waals surface area contributed by atoms with Gasteiger partial charge in [-0.05, 0) is 43.5 Å². The summed E-state index contributed by atoms with van der Waals surface area (Å²) in [6.07, 6.45) is 4.95. The Hall–Kier alpha value is -1.61. The Morgan fingerprint density at radius 2 is 1.95 bits per heavy atom. The molecule has 0 radical (unpaired) electrons. The largest absolute Gasteiger partial charge is 0.340 e. The number of rotatable bonds is 5. The molecule has 1 atom stereocenters. The maximum absolute atomic E-state index is 4.49. The smallest absolute Gasteiger partial charge is 0.0947 e. The molecule has 1 aromatic heterocycles. The average molecular weight is 257 g/mol. The van der Waals surface area contributed by atoms with Gasteiger partial charge >= 0.3 is 0 Å². The van der Waals surface area contributed by atoms with Crippen molar-refractivity contribution in [1.29, 1.82) is 0 Å². The minimum absolute atomic E-state index is 0.283. The third kappa shape index (κ3) is 3.24. The highest BCUT2D eigenvalue weighted by molar-refractivity contribution is 5.34. The van der Waals surface area contributed by atoms with E-state index in [4.69, 9.17) is 0 Å². The van der Waals surface area contributed by atoms with Crippen LogP contribution < -0.4 is 5.32 Å². The number of benzene rings is 1. The zero-order valence-electron chi connectivity index (χ0n) is 12.3. The van der Waals surface area contributed by atoms with Gasteiger partial charge in [0, 0.05) is 13.2 Å². The summed E-state index contributed by atoms with van der Waals surface area (Å²) in [6.45, 7) is 7.46. The Labute approximate surface area is 115 Å². The second-order valence-electron chi connectivity index (χ2n) is 5.15. The molecule has 2 rings (SSSR count). The molecule has 1 N–H and O–H groups in total. The van der Waals surface area contributed by atoms with Crippen LogP contribution in [0.15, 0.2) is 30.7 Å². The van der Waals surface area contributed by atoms with Gasteiger partial charge in [0.05, 0.1) is 18.1 Å². The fourth-order valence-electron chi connectivity index (χ4n) is 2.52. The second kappa shape index (κ2) is 6.02. The topological polar surface area (TPSA) is 29.9 Å². The van der Waals surface area contributed by atoms with E-state index in [0.717, 1.165) is 18.7 Å². The number of likely N-dealkylation sites (N-methyl/N-ethyl adjacent to an activating group) is 1. The molecule has 19 heavy (non-hydrogen) atoms. The van der Waals surface area contributed by atoms with Gasteiger partial charge in [-0.2, -0.15) is 0 Å². The predicted octanol–water partition coefficient (Wildman–Crippen LogP) is 2.93. The number of imidazole rings is 1. The molecule has 0 bridgehead atoms. The van der Waals surface area contributed by atoms with Crippen LogP contribution >= 0.6 is 0 Å². The van der Waals surface area contributed by atoms with Crippen molar-refractivity contribution in [3.63, 3.8) is 0 Å². The van der Waals surface area contributed by atoms with Crippen molar-refractivity contribution in [2.24, 2.45) is 7.05 Å². The number of nitrogens with zero attached hydrogens (tertiary/aromatic N) is 2. The van der Waals surface area contributed by atoms with Crippen molar-refractivity contribution in [1.82, 2.24) is 14.9 Å². The van der Waals surface area contributed by atoms with Gasteiger partial charge < -0.3 is 9.88 Å². The SMILES string of the molecule is CCNC(Cc1c(C)cccc1C)c1cn(C)cn1. The minimum Gasteiger partial charge on any atom is -0.340 e. The summed E-state index contributed by atoms with van der Waals surface area (Å²) in [5.74, 6) is 0. The third-order valence-corrected chi connectivity index (χ3v) is 3.59. The quantitative estimate of drug-likeness (QED) is 0.892. The molecule has 2 aromatic rings. The summed E-state index contributed by atoms with van der Waals surface area (Å²) in [7, 11) is 2.01. The fraction of sp³-hybridized carbons (Fsp3) is 0.438. The monoisotopic (exact) mass is 257 g/mol. The van der Waals surface area contributed by atoms with E-state index in [9.17, 15) is 0 Å². The normalized spacial score (nSPS) is 12.6. The van der Waals surface area contributed by atoms with Gasteiger partial charge in [-0.25, -0.2) is 4.98 Å². The molecule has 1 aromatic carbocycles. The molecule has 1 heterocycles. The molecule has 3 nitrogen and oxygen atoms in total. The molecule has 0 amide bonds. The summed E-state index contributed by atoms with van der Waals surface area (Å²) >= 11 is 0. The number of aromatic nitrogens is 2. The van der Waals surface area contributed by atoms with Crippen molar-refractivity contribution in [2.45, 2.75) is 33.2 Å². The lowest BCUT2D eigenvalue weighted by molar-refractivity contribution is 0.536. The highest BCUT2D eigenvalue weighted by atomic mass is 15.0. The maximum Gasteiger partial charge on any atom is 0.0947 e. The van der Waals surface area contributed by atoms with E-state index in [1.54, 1.807) is 0 Å². The van der Waals surface area contributed by atoms with Crippen LogP contribution in [0.25, 0.3) is 0 Å². The van der Waals surface area contributed by atoms with Crippen molar-refractivity contribution in [3.8, 4) is 0 Å². The molecular weight excluding hydrogens is 234 g/mol. The zero-order chi connectivity index (χ0) is 13.8. The number of hydrogen-bond acceptors (Lipinski definition) is 2. The van der Waals surface area contributed by atoms with Gasteiger partial charge in [-0.3, -0.25) is 0 Å². The zero-order valence-corrected chi connectivity index (χ0v) is 12.3. The van der Waals surface area contributed by atoms with Crippen LogP contribution in [0.4, 0.5) is 0 Å². The van der Waals surface area contributed by atoms with E-state index in [-0.39, 0.29) is 6.04 Å². The molecule has 3 heteroatoms. The average Bonchev–Trinajstić information content (AvgIpc) is 2.79. The first-order valence-electron chi connectivity index (χ1n) is 6.88. The van der Waals surface area contributed by atoms with Gasteiger partial charge in [0.2, 0.25) is 0 Å². The number of aryl methyl sites for hydroxylation is 3. The maximum atomic E-state index is 4.49. The van der Waals surface area contributed by atoms with Crippen molar-refractivity contribution in [3.05, 3.63) is 53.1 Å². The van der Waals surface area contributed by atoms with Crippen LogP contribution in [0, 0.1) is 13.8 Å². The Morgan fingerprint density at radius 1 is 1.26 bits per heavy atom. The highest BCUT2D eigenvalue weighted by Gasteiger charge is 2.15. The summed E-state index contributed by atoms with van der Waals surface area (Å²) in [5, 5.41) is 3.54. The van der Waals surface area contributed by atoms with E-state index in [1.807, 2.05) is 17.9 Å². The standard InChI is InChI=1S/C16H23N3/c1-5-17-15(16-10-19(4)11-18-16)9-14-12(2)7-6-8-13(14)3/h6-8,10-11,15,17H,5,9H2,1-4H3. The lowest BCUT2D eigenvalue weighted by Gasteiger charge is -2.18. The first-order valence-corrected chi connectivity index (χ1v) is 6.88. The molecule has 102 valence electrons. The molecule has 0 saturated carbocycles. The fourth-order valence-corrected chi connectivity index (χ4v) is 2.52. The van der Waals surface area contributed by atoms with Crippen molar-refractivity contribution in [2.75, 3.05) is 6.54 Å². The molecule has 0 saturated heterocycles. The predicted molar refractivity (Wildman–Crippen MR) is 79.2 cm³/mol. The lowest BCUT2D eigenvalue weighted by atomic mass is 9.95. The Bertz CT molecular complexity index is 522. The van der Waals surface area contributed by atoms with E-state index in [2.05, 4.69) is 55.5 Å². The van der Waals surface area contributed by atoms with E-state index in [1.165, 1.54) is 16.7 Å². The molecule has 0 aliphatic rings. The Balaban J connectivity index is 2.26. The van der Waals surface area contributed by atoms with Gasteiger partial charge in [0.15, 0.2) is 0 Å². The summed E-state index contributed by atoms with van der Waals surface area (Å²) < 4.78 is 2.00. The van der Waals surface area contributed by atoms with Gasteiger partial charge in [-0.15, -0.1) is 0 Å². The molecular formula is C16H23N3. The summed E-state index contributed by atoms with van der Waals surface area (Å²) in [5.41, 5.74) is 5.27. The molecule has 0 spiro atoms. The number of hydrogen-bond donors (Lipinski definition) is 1. The Morgan fingerprint density at radius 3 is 2.47 bits per heavy atom. The van der Waals surface area contributed by atoms with Crippen LogP contribution in [0.2, 0.25) is 0 Å². The Kier molecular flexibility index (Phi) is 4.38. The van der Waals surface area contributed by atoms with Gasteiger partial charge in [-0.1, -0.05) is 25.1 Å². The molecule has 0 aliphatic carbocycles. The van der Waals surface area contributed by atoms with Crippen molar-refractivity contribution < 1.29 is 0 Å². The first-order chi connectivity index (χ1) is 9.11. The van der Waals surface area contributed by atoms with Crippen LogP contribution in [0.5, 0.6) is 0 Å². The van der Waals surface area contributed by atoms with Crippen molar-refractivity contribution >= 4 is 0 Å². The number of nitrogens with one attached hydrogen (secondary N) is 1. The van der Waals surface area contributed by atoms with E-state index in [0.29, 0.717) is 0 Å². The summed E-state index contributed by atoms with van der Waals surface area (Å²) in [4.78, 5) is 4.49. The van der Waals surface area contributed by atoms with Crippen LogP contribution in [-0.4, -0.2) is 16.1 Å². The lowest BCUT2D eigenvalue weighted by Crippen LogP contribution is -2.24. The van der Waals surface area contributed by atoms with Crippen LogP contribution in [-0.2, 0) is 13.5 Å². The summed E-state index contributed by atoms with van der Waals surface area (Å²) in [6, 6.07) is 6.77. The second-order valence-corrected chi connectivity index (χ2v) is 5.15. The molecule has 1 unspecified atom stereocenters.